The van der Waals surface area contributed by atoms with Gasteiger partial charge in [-0.15, -0.1) is 11.3 Å². The Morgan fingerprint density at radius 3 is 2.65 bits per heavy atom. The van der Waals surface area contributed by atoms with Crippen LogP contribution in [0.5, 0.6) is 0 Å². The quantitative estimate of drug-likeness (QED) is 0.869. The number of thiophene rings is 1. The zero-order chi connectivity index (χ0) is 13.2. The van der Waals surface area contributed by atoms with Crippen LogP contribution in [0.25, 0.3) is 0 Å². The van der Waals surface area contributed by atoms with E-state index in [2.05, 4.69) is 15.9 Å². The first kappa shape index (κ1) is 14.7. The first-order chi connectivity index (χ1) is 7.71. The number of aliphatic carboxylic acids is 1. The zero-order valence-corrected chi connectivity index (χ0v) is 12.7. The molecule has 0 radical (unpaired) electrons. The predicted octanol–water partition coefficient (Wildman–Crippen LogP) is 3.71. The van der Waals surface area contributed by atoms with Gasteiger partial charge in [0.05, 0.1) is 6.42 Å². The third-order valence-corrected chi connectivity index (χ3v) is 4.68. The molecule has 0 fully saturated rings. The molecule has 17 heavy (non-hydrogen) atoms. The summed E-state index contributed by atoms with van der Waals surface area (Å²) in [6.45, 7) is 5.92. The number of aryl methyl sites for hydroxylation is 1. The van der Waals surface area contributed by atoms with E-state index in [0.717, 1.165) is 9.35 Å². The molecule has 0 aliphatic rings. The van der Waals surface area contributed by atoms with Gasteiger partial charge in [-0.3, -0.25) is 4.79 Å². The second kappa shape index (κ2) is 5.50. The normalized spacial score (nSPS) is 13.7. The molecular weight excluding hydrogens is 302 g/mol. The number of hydrogen-bond donors (Lipinski definition) is 2. The summed E-state index contributed by atoms with van der Waals surface area (Å²) in [5.41, 5.74) is 5.87. The average Bonchev–Trinajstić information content (AvgIpc) is 2.41. The SMILES string of the molecule is Cc1cc(Br)c(C(N)CC(C)(C)CC(=O)O)s1. The molecule has 1 rings (SSSR count). The average molecular weight is 320 g/mol. The highest BCUT2D eigenvalue weighted by Gasteiger charge is 2.26. The lowest BCUT2D eigenvalue weighted by Crippen LogP contribution is -2.23. The van der Waals surface area contributed by atoms with E-state index in [1.807, 2.05) is 26.8 Å². The third-order valence-electron chi connectivity index (χ3n) is 2.58. The number of halogens is 1. The highest BCUT2D eigenvalue weighted by Crippen LogP contribution is 2.38. The Balaban J connectivity index is 2.75. The molecule has 0 spiro atoms. The molecule has 0 bridgehead atoms. The monoisotopic (exact) mass is 319 g/mol. The molecular formula is C12H18BrNO2S. The van der Waals surface area contributed by atoms with E-state index in [4.69, 9.17) is 10.8 Å². The van der Waals surface area contributed by atoms with Gasteiger partial charge in [0.25, 0.3) is 0 Å². The van der Waals surface area contributed by atoms with Crippen LogP contribution >= 0.6 is 27.3 Å². The fourth-order valence-electron chi connectivity index (χ4n) is 1.92. The van der Waals surface area contributed by atoms with Crippen LogP contribution in [0.2, 0.25) is 0 Å². The Kier molecular flexibility index (Phi) is 4.75. The first-order valence-electron chi connectivity index (χ1n) is 5.44. The predicted molar refractivity (Wildman–Crippen MR) is 74.3 cm³/mol. The third kappa shape index (κ3) is 4.41. The lowest BCUT2D eigenvalue weighted by Gasteiger charge is -2.25. The van der Waals surface area contributed by atoms with Crippen molar-refractivity contribution in [2.24, 2.45) is 11.1 Å². The number of carbonyl (C=O) groups is 1. The van der Waals surface area contributed by atoms with Crippen molar-refractivity contribution in [3.63, 3.8) is 0 Å². The Bertz CT molecular complexity index is 415. The van der Waals surface area contributed by atoms with Crippen LogP contribution < -0.4 is 5.73 Å². The molecule has 1 heterocycles. The molecule has 3 nitrogen and oxygen atoms in total. The van der Waals surface area contributed by atoms with E-state index in [1.165, 1.54) is 4.88 Å². The van der Waals surface area contributed by atoms with Gasteiger partial charge in [-0.2, -0.15) is 0 Å². The van der Waals surface area contributed by atoms with Gasteiger partial charge in [0.1, 0.15) is 0 Å². The van der Waals surface area contributed by atoms with Crippen LogP contribution in [0.4, 0.5) is 0 Å². The molecule has 0 saturated carbocycles. The number of hydrogen-bond acceptors (Lipinski definition) is 3. The maximum atomic E-state index is 10.8. The van der Waals surface area contributed by atoms with Crippen molar-refractivity contribution < 1.29 is 9.90 Å². The van der Waals surface area contributed by atoms with Crippen LogP contribution in [0.15, 0.2) is 10.5 Å². The fourth-order valence-corrected chi connectivity index (χ4v) is 3.87. The summed E-state index contributed by atoms with van der Waals surface area (Å²) in [5, 5.41) is 8.84. The standard InChI is InChI=1S/C12H18BrNO2S/c1-7-4-8(13)11(17-7)9(14)5-12(2,3)6-10(15)16/h4,9H,5-6,14H2,1-3H3,(H,15,16). The summed E-state index contributed by atoms with van der Waals surface area (Å²) < 4.78 is 1.03. The van der Waals surface area contributed by atoms with Crippen molar-refractivity contribution in [3.8, 4) is 0 Å². The summed E-state index contributed by atoms with van der Waals surface area (Å²) in [6.07, 6.45) is 0.806. The van der Waals surface area contributed by atoms with Gasteiger partial charge in [0.15, 0.2) is 0 Å². The Morgan fingerprint density at radius 2 is 2.24 bits per heavy atom. The topological polar surface area (TPSA) is 63.3 Å². The Morgan fingerprint density at radius 1 is 1.65 bits per heavy atom. The summed E-state index contributed by atoms with van der Waals surface area (Å²) in [4.78, 5) is 13.1. The van der Waals surface area contributed by atoms with Crippen LogP contribution in [0, 0.1) is 12.3 Å². The van der Waals surface area contributed by atoms with Crippen molar-refractivity contribution in [3.05, 3.63) is 20.3 Å². The van der Waals surface area contributed by atoms with E-state index < -0.39 is 5.97 Å². The first-order valence-corrected chi connectivity index (χ1v) is 7.05. The number of rotatable bonds is 5. The van der Waals surface area contributed by atoms with E-state index in [-0.39, 0.29) is 17.9 Å². The largest absolute Gasteiger partial charge is 0.481 e. The number of nitrogens with two attached hydrogens (primary N) is 1. The minimum atomic E-state index is -0.774. The number of carboxylic acids is 1. The van der Waals surface area contributed by atoms with Gasteiger partial charge >= 0.3 is 5.97 Å². The van der Waals surface area contributed by atoms with Gasteiger partial charge < -0.3 is 10.8 Å². The summed E-state index contributed by atoms with van der Waals surface area (Å²) >= 11 is 5.15. The van der Waals surface area contributed by atoms with Crippen LogP contribution in [-0.4, -0.2) is 11.1 Å². The lowest BCUT2D eigenvalue weighted by molar-refractivity contribution is -0.139. The fraction of sp³-hybridized carbons (Fsp3) is 0.583. The summed E-state index contributed by atoms with van der Waals surface area (Å²) in [7, 11) is 0. The Labute approximate surface area is 114 Å². The van der Waals surface area contributed by atoms with Crippen molar-refractivity contribution >= 4 is 33.2 Å². The molecule has 5 heteroatoms. The number of carboxylic acid groups (broad SMARTS) is 1. The van der Waals surface area contributed by atoms with Gasteiger partial charge in [0.2, 0.25) is 0 Å². The van der Waals surface area contributed by atoms with Gasteiger partial charge in [-0.05, 0) is 40.8 Å². The molecule has 96 valence electrons. The molecule has 0 saturated heterocycles. The van der Waals surface area contributed by atoms with Crippen molar-refractivity contribution in [2.75, 3.05) is 0 Å². The second-order valence-electron chi connectivity index (χ2n) is 5.11. The minimum Gasteiger partial charge on any atom is -0.481 e. The van der Waals surface area contributed by atoms with Crippen LogP contribution in [-0.2, 0) is 4.79 Å². The van der Waals surface area contributed by atoms with Crippen molar-refractivity contribution in [2.45, 2.75) is 39.7 Å². The summed E-state index contributed by atoms with van der Waals surface area (Å²) in [5.74, 6) is -0.774. The zero-order valence-electron chi connectivity index (χ0n) is 10.3. The molecule has 1 unspecified atom stereocenters. The maximum Gasteiger partial charge on any atom is 0.303 e. The van der Waals surface area contributed by atoms with Gasteiger partial charge in [-0.1, -0.05) is 13.8 Å². The highest BCUT2D eigenvalue weighted by atomic mass is 79.9. The summed E-state index contributed by atoms with van der Waals surface area (Å²) in [6, 6.07) is 1.93. The second-order valence-corrected chi connectivity index (χ2v) is 7.26. The maximum absolute atomic E-state index is 10.8. The highest BCUT2D eigenvalue weighted by molar-refractivity contribution is 9.10. The van der Waals surface area contributed by atoms with Crippen molar-refractivity contribution in [1.29, 1.82) is 0 Å². The molecule has 1 aromatic heterocycles. The van der Waals surface area contributed by atoms with E-state index in [9.17, 15) is 4.79 Å². The molecule has 3 N–H and O–H groups in total. The van der Waals surface area contributed by atoms with Gasteiger partial charge in [0, 0.05) is 20.3 Å². The van der Waals surface area contributed by atoms with E-state index in [1.54, 1.807) is 11.3 Å². The molecule has 0 aliphatic carbocycles. The van der Waals surface area contributed by atoms with Gasteiger partial charge in [-0.25, -0.2) is 0 Å². The van der Waals surface area contributed by atoms with Crippen LogP contribution in [0.1, 0.15) is 42.5 Å². The van der Waals surface area contributed by atoms with Crippen LogP contribution in [0.3, 0.4) is 0 Å². The molecule has 0 amide bonds. The molecule has 0 aromatic carbocycles. The smallest absolute Gasteiger partial charge is 0.303 e. The van der Waals surface area contributed by atoms with E-state index >= 15 is 0 Å². The lowest BCUT2D eigenvalue weighted by atomic mass is 9.82. The van der Waals surface area contributed by atoms with E-state index in [0.29, 0.717) is 6.42 Å². The Hall–Kier alpha value is -0.390. The van der Waals surface area contributed by atoms with Crippen molar-refractivity contribution in [1.82, 2.24) is 0 Å². The molecule has 0 aliphatic heterocycles. The minimum absolute atomic E-state index is 0.113. The molecule has 1 aromatic rings. The molecule has 1 atom stereocenters.